The maximum Gasteiger partial charge on any atom is 0.322 e. The molecule has 0 fully saturated rings. The molecule has 0 unspecified atom stereocenters. The zero-order valence-electron chi connectivity index (χ0n) is 9.63. The molecule has 0 aliphatic carbocycles. The number of hydrogen-bond acceptors (Lipinski definition) is 6. The van der Waals surface area contributed by atoms with E-state index in [0.717, 1.165) is 11.8 Å². The van der Waals surface area contributed by atoms with Crippen molar-refractivity contribution in [2.45, 2.75) is 17.0 Å². The monoisotopic (exact) mass is 266 g/mol. The molecule has 7 heteroatoms. The molecular weight excluding hydrogens is 255 g/mol. The molecule has 94 valence electrons. The highest BCUT2D eigenvalue weighted by molar-refractivity contribution is 7.99. The van der Waals surface area contributed by atoms with Crippen LogP contribution in [0.3, 0.4) is 0 Å². The summed E-state index contributed by atoms with van der Waals surface area (Å²) >= 11 is 1.07. The van der Waals surface area contributed by atoms with Gasteiger partial charge in [0.15, 0.2) is 0 Å². The van der Waals surface area contributed by atoms with Crippen molar-refractivity contribution in [3.8, 4) is 6.01 Å². The fourth-order valence-corrected chi connectivity index (χ4v) is 1.99. The summed E-state index contributed by atoms with van der Waals surface area (Å²) in [5.41, 5.74) is 5.53. The second-order valence-corrected chi connectivity index (χ2v) is 4.23. The Morgan fingerprint density at radius 1 is 1.28 bits per heavy atom. The molecule has 0 spiro atoms. The number of nitrogens with two attached hydrogens (primary N) is 1. The third-order valence-corrected chi connectivity index (χ3v) is 2.84. The Hall–Kier alpha value is -1.89. The van der Waals surface area contributed by atoms with Gasteiger partial charge in [0.1, 0.15) is 5.82 Å². The van der Waals surface area contributed by atoms with E-state index >= 15 is 0 Å². The zero-order valence-corrected chi connectivity index (χ0v) is 10.4. The lowest BCUT2D eigenvalue weighted by Gasteiger charge is -2.05. The van der Waals surface area contributed by atoms with Crippen molar-refractivity contribution in [2.75, 3.05) is 12.3 Å². The molecule has 18 heavy (non-hydrogen) atoms. The van der Waals surface area contributed by atoms with Gasteiger partial charge in [0.25, 0.3) is 0 Å². The Morgan fingerprint density at radius 2 is 2.06 bits per heavy atom. The quantitative estimate of drug-likeness (QED) is 0.914. The van der Waals surface area contributed by atoms with Crippen molar-refractivity contribution in [3.63, 3.8) is 0 Å². The lowest BCUT2D eigenvalue weighted by atomic mass is 10.4. The first-order valence-electron chi connectivity index (χ1n) is 5.25. The summed E-state index contributed by atoms with van der Waals surface area (Å²) in [6, 6.07) is 6.51. The summed E-state index contributed by atoms with van der Waals surface area (Å²) in [5.74, 6) is -0.285. The first kappa shape index (κ1) is 12.6. The van der Waals surface area contributed by atoms with Gasteiger partial charge in [0, 0.05) is 0 Å². The summed E-state index contributed by atoms with van der Waals surface area (Å²) in [6.45, 7) is 2.23. The summed E-state index contributed by atoms with van der Waals surface area (Å²) < 4.78 is 18.6. The maximum absolute atomic E-state index is 13.5. The van der Waals surface area contributed by atoms with Gasteiger partial charge in [0.05, 0.1) is 11.5 Å². The molecule has 0 aliphatic rings. The standard InChI is InChI=1S/C11H11FN4OS/c1-2-17-10-14-9(13)15-11(16-10)18-8-6-4-3-5-7(8)12/h3-6H,2H2,1H3,(H2,13,14,15,16). The minimum absolute atomic E-state index is 0.0484. The summed E-state index contributed by atoms with van der Waals surface area (Å²) in [7, 11) is 0. The highest BCUT2D eigenvalue weighted by Gasteiger charge is 2.09. The van der Waals surface area contributed by atoms with Gasteiger partial charge in [-0.05, 0) is 30.8 Å². The van der Waals surface area contributed by atoms with Crippen LogP contribution in [0.5, 0.6) is 6.01 Å². The minimum atomic E-state index is -0.334. The molecule has 0 aliphatic heterocycles. The van der Waals surface area contributed by atoms with Crippen molar-refractivity contribution in [1.82, 2.24) is 15.0 Å². The van der Waals surface area contributed by atoms with E-state index in [0.29, 0.717) is 16.7 Å². The molecule has 0 saturated heterocycles. The number of nitrogen functional groups attached to an aromatic ring is 1. The van der Waals surface area contributed by atoms with Gasteiger partial charge in [0.2, 0.25) is 11.1 Å². The maximum atomic E-state index is 13.5. The average molecular weight is 266 g/mol. The Kier molecular flexibility index (Phi) is 3.93. The van der Waals surface area contributed by atoms with Gasteiger partial charge in [-0.25, -0.2) is 4.39 Å². The number of nitrogens with zero attached hydrogens (tertiary/aromatic N) is 3. The van der Waals surface area contributed by atoms with Crippen LogP contribution in [0.2, 0.25) is 0 Å². The van der Waals surface area contributed by atoms with E-state index in [1.807, 2.05) is 6.92 Å². The second-order valence-electron chi connectivity index (χ2n) is 3.22. The van der Waals surface area contributed by atoms with E-state index in [1.165, 1.54) is 6.07 Å². The van der Waals surface area contributed by atoms with Crippen LogP contribution in [-0.4, -0.2) is 21.6 Å². The first-order chi connectivity index (χ1) is 8.69. The molecule has 1 heterocycles. The molecule has 0 bridgehead atoms. The van der Waals surface area contributed by atoms with Crippen LogP contribution in [-0.2, 0) is 0 Å². The molecule has 0 radical (unpaired) electrons. The minimum Gasteiger partial charge on any atom is -0.464 e. The van der Waals surface area contributed by atoms with E-state index in [9.17, 15) is 4.39 Å². The van der Waals surface area contributed by atoms with Crippen LogP contribution in [0.15, 0.2) is 34.3 Å². The van der Waals surface area contributed by atoms with Crippen LogP contribution in [0.4, 0.5) is 10.3 Å². The van der Waals surface area contributed by atoms with Gasteiger partial charge in [-0.2, -0.15) is 15.0 Å². The Morgan fingerprint density at radius 3 is 2.78 bits per heavy atom. The van der Waals surface area contributed by atoms with Crippen LogP contribution in [0.1, 0.15) is 6.92 Å². The van der Waals surface area contributed by atoms with Crippen LogP contribution >= 0.6 is 11.8 Å². The fourth-order valence-electron chi connectivity index (χ4n) is 1.22. The number of rotatable bonds is 4. The third kappa shape index (κ3) is 3.07. The number of ether oxygens (including phenoxy) is 1. The third-order valence-electron chi connectivity index (χ3n) is 1.92. The molecule has 0 saturated carbocycles. The summed E-state index contributed by atoms with van der Waals surface area (Å²) in [5, 5.41) is 0.302. The van der Waals surface area contributed by atoms with E-state index < -0.39 is 0 Å². The lowest BCUT2D eigenvalue weighted by molar-refractivity contribution is 0.308. The van der Waals surface area contributed by atoms with Crippen molar-refractivity contribution in [2.24, 2.45) is 0 Å². The van der Waals surface area contributed by atoms with E-state index in [2.05, 4.69) is 15.0 Å². The van der Waals surface area contributed by atoms with Gasteiger partial charge < -0.3 is 10.5 Å². The molecule has 1 aromatic heterocycles. The van der Waals surface area contributed by atoms with Crippen LogP contribution in [0, 0.1) is 5.82 Å². The number of aromatic nitrogens is 3. The topological polar surface area (TPSA) is 73.9 Å². The van der Waals surface area contributed by atoms with Crippen molar-refractivity contribution in [3.05, 3.63) is 30.1 Å². The van der Waals surface area contributed by atoms with Crippen LogP contribution in [0.25, 0.3) is 0 Å². The summed E-state index contributed by atoms with van der Waals surface area (Å²) in [6.07, 6.45) is 0. The highest BCUT2D eigenvalue weighted by Crippen LogP contribution is 2.27. The predicted octanol–water partition coefficient (Wildman–Crippen LogP) is 2.14. The smallest absolute Gasteiger partial charge is 0.322 e. The largest absolute Gasteiger partial charge is 0.464 e. The van der Waals surface area contributed by atoms with Gasteiger partial charge in [-0.3, -0.25) is 0 Å². The second kappa shape index (κ2) is 5.63. The Bertz CT molecular complexity index is 552. The molecule has 1 aromatic carbocycles. The molecule has 2 rings (SSSR count). The number of halogens is 1. The van der Waals surface area contributed by atoms with Gasteiger partial charge >= 0.3 is 6.01 Å². The van der Waals surface area contributed by atoms with Crippen LogP contribution < -0.4 is 10.5 Å². The van der Waals surface area contributed by atoms with E-state index in [-0.39, 0.29) is 17.8 Å². The molecule has 0 amide bonds. The van der Waals surface area contributed by atoms with Crippen molar-refractivity contribution in [1.29, 1.82) is 0 Å². The molecule has 0 atom stereocenters. The molecule has 5 nitrogen and oxygen atoms in total. The van der Waals surface area contributed by atoms with Gasteiger partial charge in [-0.1, -0.05) is 12.1 Å². The first-order valence-corrected chi connectivity index (χ1v) is 6.07. The normalized spacial score (nSPS) is 10.3. The Balaban J connectivity index is 2.26. The lowest BCUT2D eigenvalue weighted by Crippen LogP contribution is -2.04. The number of hydrogen-bond donors (Lipinski definition) is 1. The Labute approximate surface area is 108 Å². The van der Waals surface area contributed by atoms with E-state index in [4.69, 9.17) is 10.5 Å². The van der Waals surface area contributed by atoms with Crippen molar-refractivity contribution < 1.29 is 9.13 Å². The average Bonchev–Trinajstić information content (AvgIpc) is 2.32. The van der Waals surface area contributed by atoms with Gasteiger partial charge in [-0.15, -0.1) is 0 Å². The zero-order chi connectivity index (χ0) is 13.0. The van der Waals surface area contributed by atoms with Crippen molar-refractivity contribution >= 4 is 17.7 Å². The SMILES string of the molecule is CCOc1nc(N)nc(Sc2ccccc2F)n1. The molecular formula is C11H11FN4OS. The highest BCUT2D eigenvalue weighted by atomic mass is 32.2. The van der Waals surface area contributed by atoms with E-state index in [1.54, 1.807) is 18.2 Å². The number of anilines is 1. The predicted molar refractivity (Wildman–Crippen MR) is 65.9 cm³/mol. The summed E-state index contributed by atoms with van der Waals surface area (Å²) in [4.78, 5) is 12.2. The fraction of sp³-hybridized carbons (Fsp3) is 0.182. The number of benzene rings is 1. The molecule has 2 aromatic rings. The molecule has 2 N–H and O–H groups in total.